The number of aromatic nitrogens is 1. The van der Waals surface area contributed by atoms with Gasteiger partial charge in [-0.2, -0.15) is 0 Å². The second-order valence-corrected chi connectivity index (χ2v) is 13.5. The summed E-state index contributed by atoms with van der Waals surface area (Å²) in [7, 11) is -4.00. The molecule has 0 radical (unpaired) electrons. The molecule has 3 aromatic carbocycles. The normalized spacial score (nSPS) is 15.3. The van der Waals surface area contributed by atoms with Gasteiger partial charge in [-0.15, -0.1) is 0 Å². The SMILES string of the molecule is Cc1c(C(=O)NS(=O)(=O)CCC2CCCCN2C(=O)OCc2ccccc2)n(CCCc2ccccc2)c2c(Cl)cccc12. The van der Waals surface area contributed by atoms with Crippen LogP contribution in [0, 0.1) is 6.92 Å². The van der Waals surface area contributed by atoms with Gasteiger partial charge in [0.25, 0.3) is 5.91 Å². The number of piperidine rings is 1. The Balaban J connectivity index is 1.26. The van der Waals surface area contributed by atoms with E-state index in [1.807, 2.05) is 72.2 Å². The Morgan fingerprint density at radius 3 is 2.39 bits per heavy atom. The van der Waals surface area contributed by atoms with E-state index in [2.05, 4.69) is 16.9 Å². The molecule has 232 valence electrons. The van der Waals surface area contributed by atoms with Crippen molar-refractivity contribution in [2.75, 3.05) is 12.3 Å². The Morgan fingerprint density at radius 1 is 0.955 bits per heavy atom. The number of fused-ring (bicyclic) bond motifs is 1. The molecule has 1 unspecified atom stereocenters. The Labute approximate surface area is 264 Å². The van der Waals surface area contributed by atoms with Gasteiger partial charge < -0.3 is 14.2 Å². The fraction of sp³-hybridized carbons (Fsp3) is 0.353. The molecule has 1 saturated heterocycles. The molecular weight excluding hydrogens is 598 g/mol. The molecule has 0 bridgehead atoms. The van der Waals surface area contributed by atoms with Gasteiger partial charge in [-0.05, 0) is 68.2 Å². The summed E-state index contributed by atoms with van der Waals surface area (Å²) in [5.74, 6) is -0.975. The topological polar surface area (TPSA) is 97.7 Å². The minimum atomic E-state index is -4.00. The summed E-state index contributed by atoms with van der Waals surface area (Å²) in [6, 6.07) is 24.7. The first-order chi connectivity index (χ1) is 21.2. The van der Waals surface area contributed by atoms with Gasteiger partial charge in [0.1, 0.15) is 12.3 Å². The van der Waals surface area contributed by atoms with E-state index in [4.69, 9.17) is 16.3 Å². The number of para-hydroxylation sites is 1. The molecule has 1 N–H and O–H groups in total. The lowest BCUT2D eigenvalue weighted by molar-refractivity contribution is 0.0672. The number of nitrogens with one attached hydrogen (secondary N) is 1. The third-order valence-electron chi connectivity index (χ3n) is 8.23. The summed E-state index contributed by atoms with van der Waals surface area (Å²) in [4.78, 5) is 28.2. The first-order valence-electron chi connectivity index (χ1n) is 15.1. The molecule has 2 amide bonds. The van der Waals surface area contributed by atoms with E-state index in [9.17, 15) is 18.0 Å². The number of halogens is 1. The van der Waals surface area contributed by atoms with Crippen molar-refractivity contribution in [3.63, 3.8) is 0 Å². The van der Waals surface area contributed by atoms with Crippen LogP contribution < -0.4 is 4.72 Å². The zero-order chi connectivity index (χ0) is 31.1. The Kier molecular flexibility index (Phi) is 10.3. The van der Waals surface area contributed by atoms with Crippen molar-refractivity contribution in [3.8, 4) is 0 Å². The van der Waals surface area contributed by atoms with E-state index in [0.29, 0.717) is 35.6 Å². The van der Waals surface area contributed by atoms with Gasteiger partial charge in [0.15, 0.2) is 0 Å². The molecule has 5 rings (SSSR count). The van der Waals surface area contributed by atoms with Crippen LogP contribution in [-0.2, 0) is 34.3 Å². The van der Waals surface area contributed by atoms with Gasteiger partial charge in [-0.3, -0.25) is 4.79 Å². The first kappa shape index (κ1) is 31.6. The number of amides is 2. The molecule has 1 aromatic heterocycles. The molecule has 8 nitrogen and oxygen atoms in total. The van der Waals surface area contributed by atoms with Crippen LogP contribution in [0.5, 0.6) is 0 Å². The van der Waals surface area contributed by atoms with Crippen LogP contribution in [0.25, 0.3) is 10.9 Å². The Hall–Kier alpha value is -3.82. The summed E-state index contributed by atoms with van der Waals surface area (Å²) in [5, 5.41) is 1.32. The smallest absolute Gasteiger partial charge is 0.410 e. The quantitative estimate of drug-likeness (QED) is 0.194. The number of aryl methyl sites for hydroxylation is 3. The Bertz CT molecular complexity index is 1710. The maximum absolute atomic E-state index is 13.6. The van der Waals surface area contributed by atoms with Crippen LogP contribution in [-0.4, -0.2) is 48.2 Å². The molecule has 4 aromatic rings. The van der Waals surface area contributed by atoms with Crippen LogP contribution in [0.15, 0.2) is 78.9 Å². The van der Waals surface area contributed by atoms with E-state index >= 15 is 0 Å². The zero-order valence-corrected chi connectivity index (χ0v) is 26.4. The second-order valence-electron chi connectivity index (χ2n) is 11.3. The van der Waals surface area contributed by atoms with Gasteiger partial charge in [0.05, 0.1) is 16.3 Å². The zero-order valence-electron chi connectivity index (χ0n) is 24.9. The molecule has 44 heavy (non-hydrogen) atoms. The standard InChI is InChI=1S/C34H38ClN3O5S/c1-25-29-18-10-19-30(35)32(29)38(22-11-16-26-12-4-2-5-13-26)31(25)33(39)36-44(41,42)23-20-28-17-8-9-21-37(28)34(40)43-24-27-14-6-3-7-15-27/h2-7,10,12-15,18-19,28H,8-9,11,16-17,20-24H2,1H3,(H,36,39). The molecular formula is C34H38ClN3O5S. The fourth-order valence-corrected chi connectivity index (χ4v) is 7.35. The number of hydrogen-bond acceptors (Lipinski definition) is 5. The lowest BCUT2D eigenvalue weighted by Crippen LogP contribution is -2.45. The van der Waals surface area contributed by atoms with E-state index < -0.39 is 22.0 Å². The van der Waals surface area contributed by atoms with Gasteiger partial charge in [-0.1, -0.05) is 84.4 Å². The summed E-state index contributed by atoms with van der Waals surface area (Å²) in [6.07, 6.45) is 3.69. The second kappa shape index (κ2) is 14.3. The van der Waals surface area contributed by atoms with Crippen LogP contribution >= 0.6 is 11.6 Å². The maximum Gasteiger partial charge on any atom is 0.410 e. The molecule has 1 fully saturated rings. The minimum Gasteiger partial charge on any atom is -0.445 e. The predicted molar refractivity (Wildman–Crippen MR) is 173 cm³/mol. The van der Waals surface area contributed by atoms with Crippen molar-refractivity contribution in [1.29, 1.82) is 0 Å². The van der Waals surface area contributed by atoms with Crippen molar-refractivity contribution in [1.82, 2.24) is 14.2 Å². The molecule has 2 heterocycles. The summed E-state index contributed by atoms with van der Waals surface area (Å²) in [6.45, 7) is 2.97. The van der Waals surface area contributed by atoms with E-state index in [1.165, 1.54) is 5.56 Å². The van der Waals surface area contributed by atoms with Crippen LogP contribution in [0.3, 0.4) is 0 Å². The monoisotopic (exact) mass is 635 g/mol. The molecule has 0 saturated carbocycles. The average Bonchev–Trinajstić information content (AvgIpc) is 3.32. The maximum atomic E-state index is 13.6. The van der Waals surface area contributed by atoms with Crippen LogP contribution in [0.1, 0.15) is 59.3 Å². The van der Waals surface area contributed by atoms with Gasteiger partial charge in [0, 0.05) is 24.5 Å². The fourth-order valence-electron chi connectivity index (χ4n) is 6.01. The highest BCUT2D eigenvalue weighted by Crippen LogP contribution is 2.32. The highest BCUT2D eigenvalue weighted by atomic mass is 35.5. The number of carbonyl (C=O) groups is 2. The molecule has 0 spiro atoms. The summed E-state index contributed by atoms with van der Waals surface area (Å²) in [5.41, 5.74) is 3.74. The minimum absolute atomic E-state index is 0.153. The summed E-state index contributed by atoms with van der Waals surface area (Å²) >= 11 is 6.60. The van der Waals surface area contributed by atoms with Crippen LogP contribution in [0.4, 0.5) is 4.79 Å². The molecule has 1 aliphatic heterocycles. The third kappa shape index (κ3) is 7.63. The van der Waals surface area contributed by atoms with Crippen LogP contribution in [0.2, 0.25) is 5.02 Å². The average molecular weight is 636 g/mol. The lowest BCUT2D eigenvalue weighted by Gasteiger charge is -2.34. The van der Waals surface area contributed by atoms with Crippen molar-refractivity contribution in [2.24, 2.45) is 0 Å². The van der Waals surface area contributed by atoms with E-state index in [-0.39, 0.29) is 30.5 Å². The first-order valence-corrected chi connectivity index (χ1v) is 17.1. The van der Waals surface area contributed by atoms with Gasteiger partial charge in [-0.25, -0.2) is 17.9 Å². The number of hydrogen-bond donors (Lipinski definition) is 1. The van der Waals surface area contributed by atoms with Crippen molar-refractivity contribution in [2.45, 2.75) is 64.6 Å². The number of ether oxygens (including phenoxy) is 1. The number of benzene rings is 3. The van der Waals surface area contributed by atoms with E-state index in [1.54, 1.807) is 11.0 Å². The van der Waals surface area contributed by atoms with Crippen molar-refractivity contribution in [3.05, 3.63) is 106 Å². The molecule has 1 atom stereocenters. The number of rotatable bonds is 11. The Morgan fingerprint density at radius 2 is 1.66 bits per heavy atom. The molecule has 1 aliphatic rings. The van der Waals surface area contributed by atoms with E-state index in [0.717, 1.165) is 36.6 Å². The molecule has 0 aliphatic carbocycles. The van der Waals surface area contributed by atoms with Crippen molar-refractivity contribution >= 4 is 44.5 Å². The lowest BCUT2D eigenvalue weighted by atomic mass is 10.0. The largest absolute Gasteiger partial charge is 0.445 e. The van der Waals surface area contributed by atoms with Gasteiger partial charge in [0.2, 0.25) is 10.0 Å². The number of sulfonamides is 1. The number of nitrogens with zero attached hydrogens (tertiary/aromatic N) is 2. The third-order valence-corrected chi connectivity index (χ3v) is 9.80. The van der Waals surface area contributed by atoms with Gasteiger partial charge >= 0.3 is 6.09 Å². The highest BCUT2D eigenvalue weighted by molar-refractivity contribution is 7.90. The molecule has 10 heteroatoms. The number of likely N-dealkylation sites (tertiary alicyclic amines) is 1. The summed E-state index contributed by atoms with van der Waals surface area (Å²) < 4.78 is 36.2. The van der Waals surface area contributed by atoms with Crippen molar-refractivity contribution < 1.29 is 22.7 Å². The number of carbonyl (C=O) groups excluding carboxylic acids is 2. The highest BCUT2D eigenvalue weighted by Gasteiger charge is 2.30. The predicted octanol–water partition coefficient (Wildman–Crippen LogP) is 6.88.